The van der Waals surface area contributed by atoms with Crippen molar-refractivity contribution >= 4 is 23.2 Å². The Morgan fingerprint density at radius 1 is 1.08 bits per heavy atom. The fourth-order valence-electron chi connectivity index (χ4n) is 2.62. The summed E-state index contributed by atoms with van der Waals surface area (Å²) in [6, 6.07) is 12.6. The van der Waals surface area contributed by atoms with Gasteiger partial charge in [0, 0.05) is 29.4 Å². The van der Waals surface area contributed by atoms with Crippen molar-refractivity contribution in [3.8, 4) is 17.2 Å². The van der Waals surface area contributed by atoms with Crippen LogP contribution in [-0.4, -0.2) is 28.9 Å². The van der Waals surface area contributed by atoms with Gasteiger partial charge in [-0.25, -0.2) is 4.68 Å². The summed E-state index contributed by atoms with van der Waals surface area (Å²) < 4.78 is 12.9. The topological polar surface area (TPSA) is 65.4 Å². The summed E-state index contributed by atoms with van der Waals surface area (Å²) in [5, 5.41) is 7.73. The minimum atomic E-state index is -0.250. The molecular weight excluding hydrogens is 354 g/mol. The number of carbonyl (C=O) groups is 1. The number of anilines is 1. The highest BCUT2D eigenvalue weighted by Gasteiger charge is 2.14. The Hall–Kier alpha value is -2.99. The lowest BCUT2D eigenvalue weighted by atomic mass is 10.2. The molecule has 1 N–H and O–H groups in total. The van der Waals surface area contributed by atoms with Crippen LogP contribution in [0.4, 0.5) is 5.69 Å². The van der Waals surface area contributed by atoms with E-state index in [0.29, 0.717) is 41.0 Å². The third-order valence-corrected chi connectivity index (χ3v) is 4.19. The molecule has 1 aliphatic rings. The van der Waals surface area contributed by atoms with Crippen LogP contribution in [0.3, 0.4) is 0 Å². The van der Waals surface area contributed by atoms with Gasteiger partial charge in [0.15, 0.2) is 11.5 Å². The van der Waals surface area contributed by atoms with E-state index < -0.39 is 0 Å². The first-order valence-electron chi connectivity index (χ1n) is 8.21. The van der Waals surface area contributed by atoms with Crippen molar-refractivity contribution in [2.24, 2.45) is 0 Å². The maximum Gasteiger partial charge on any atom is 0.258 e. The summed E-state index contributed by atoms with van der Waals surface area (Å²) in [5.41, 5.74) is 1.91. The summed E-state index contributed by atoms with van der Waals surface area (Å²) in [7, 11) is 0. The molecular formula is C19H16ClN3O3. The van der Waals surface area contributed by atoms with E-state index in [1.54, 1.807) is 41.2 Å². The smallest absolute Gasteiger partial charge is 0.258 e. The third kappa shape index (κ3) is 3.50. The molecule has 0 radical (unpaired) electrons. The van der Waals surface area contributed by atoms with Gasteiger partial charge in [-0.15, -0.1) is 0 Å². The predicted molar refractivity (Wildman–Crippen MR) is 98.6 cm³/mol. The molecule has 4 rings (SSSR count). The molecule has 0 fully saturated rings. The molecule has 0 atom stereocenters. The molecule has 6 nitrogen and oxygen atoms in total. The molecule has 26 heavy (non-hydrogen) atoms. The maximum absolute atomic E-state index is 12.5. The molecule has 1 aromatic heterocycles. The van der Waals surface area contributed by atoms with Crippen LogP contribution >= 0.6 is 11.6 Å². The SMILES string of the molecule is O=C(Nc1ccc2c(c1)OCCCO2)c1cnn(-c2ccc(Cl)cc2)c1. The Labute approximate surface area is 155 Å². The van der Waals surface area contributed by atoms with E-state index in [1.165, 1.54) is 6.20 Å². The second-order valence-electron chi connectivity index (χ2n) is 5.82. The van der Waals surface area contributed by atoms with Crippen LogP contribution in [0.1, 0.15) is 16.8 Å². The van der Waals surface area contributed by atoms with Crippen LogP contribution in [0.5, 0.6) is 11.5 Å². The van der Waals surface area contributed by atoms with E-state index >= 15 is 0 Å². The summed E-state index contributed by atoms with van der Waals surface area (Å²) in [6.07, 6.45) is 4.02. The highest BCUT2D eigenvalue weighted by molar-refractivity contribution is 6.30. The summed E-state index contributed by atoms with van der Waals surface area (Å²) >= 11 is 5.89. The highest BCUT2D eigenvalue weighted by atomic mass is 35.5. The molecule has 7 heteroatoms. The second kappa shape index (κ2) is 7.09. The summed E-state index contributed by atoms with van der Waals surface area (Å²) in [6.45, 7) is 1.22. The third-order valence-electron chi connectivity index (χ3n) is 3.94. The van der Waals surface area contributed by atoms with Crippen molar-refractivity contribution in [3.05, 3.63) is 65.4 Å². The Balaban J connectivity index is 1.50. The second-order valence-corrected chi connectivity index (χ2v) is 6.25. The average Bonchev–Trinajstić information content (AvgIpc) is 3.02. The first kappa shape index (κ1) is 16.5. The summed E-state index contributed by atoms with van der Waals surface area (Å²) in [4.78, 5) is 12.5. The van der Waals surface area contributed by atoms with Crippen LogP contribution in [0.2, 0.25) is 5.02 Å². The van der Waals surface area contributed by atoms with Crippen molar-refractivity contribution < 1.29 is 14.3 Å². The molecule has 3 aromatic rings. The number of ether oxygens (including phenoxy) is 2. The van der Waals surface area contributed by atoms with Gasteiger partial charge in [0.25, 0.3) is 5.91 Å². The van der Waals surface area contributed by atoms with Crippen molar-refractivity contribution in [1.29, 1.82) is 0 Å². The van der Waals surface area contributed by atoms with Gasteiger partial charge >= 0.3 is 0 Å². The molecule has 0 bridgehead atoms. The fourth-order valence-corrected chi connectivity index (χ4v) is 2.75. The van der Waals surface area contributed by atoms with Gasteiger partial charge in [0.05, 0.1) is 30.7 Å². The normalized spacial score (nSPS) is 13.1. The van der Waals surface area contributed by atoms with Crippen LogP contribution in [0.15, 0.2) is 54.9 Å². The largest absolute Gasteiger partial charge is 0.490 e. The lowest BCUT2D eigenvalue weighted by Gasteiger charge is -2.10. The van der Waals surface area contributed by atoms with Gasteiger partial charge in [-0.1, -0.05) is 11.6 Å². The lowest BCUT2D eigenvalue weighted by Crippen LogP contribution is -2.11. The van der Waals surface area contributed by atoms with Crippen molar-refractivity contribution in [3.63, 3.8) is 0 Å². The zero-order valence-electron chi connectivity index (χ0n) is 13.8. The van der Waals surface area contributed by atoms with Gasteiger partial charge in [0.1, 0.15) is 0 Å². The molecule has 0 unspecified atom stereocenters. The standard InChI is InChI=1S/C19H16ClN3O3/c20-14-2-5-16(6-3-14)23-12-13(11-21-23)19(24)22-15-4-7-17-18(10-15)26-9-1-8-25-17/h2-7,10-12H,1,8-9H2,(H,22,24). The average molecular weight is 370 g/mol. The quantitative estimate of drug-likeness (QED) is 0.759. The number of fused-ring (bicyclic) bond motifs is 1. The minimum absolute atomic E-state index is 0.250. The number of benzene rings is 2. The van der Waals surface area contributed by atoms with Gasteiger partial charge in [-0.2, -0.15) is 5.10 Å². The fraction of sp³-hybridized carbons (Fsp3) is 0.158. The lowest BCUT2D eigenvalue weighted by molar-refractivity contribution is 0.102. The van der Waals surface area contributed by atoms with Crippen LogP contribution in [0, 0.1) is 0 Å². The molecule has 1 amide bonds. The van der Waals surface area contributed by atoms with Gasteiger partial charge < -0.3 is 14.8 Å². The van der Waals surface area contributed by atoms with E-state index in [2.05, 4.69) is 10.4 Å². The first-order chi connectivity index (χ1) is 12.7. The Kier molecular flexibility index (Phi) is 4.50. The van der Waals surface area contributed by atoms with E-state index in [9.17, 15) is 4.79 Å². The molecule has 132 valence electrons. The van der Waals surface area contributed by atoms with Crippen molar-refractivity contribution in [2.75, 3.05) is 18.5 Å². The molecule has 2 aromatic carbocycles. The van der Waals surface area contributed by atoms with Crippen LogP contribution in [0.25, 0.3) is 5.69 Å². The van der Waals surface area contributed by atoms with Crippen LogP contribution < -0.4 is 14.8 Å². The van der Waals surface area contributed by atoms with E-state index in [1.807, 2.05) is 12.1 Å². The van der Waals surface area contributed by atoms with Gasteiger partial charge in [-0.05, 0) is 36.4 Å². The highest BCUT2D eigenvalue weighted by Crippen LogP contribution is 2.32. The van der Waals surface area contributed by atoms with Gasteiger partial charge in [-0.3, -0.25) is 4.79 Å². The number of rotatable bonds is 3. The van der Waals surface area contributed by atoms with Crippen molar-refractivity contribution in [2.45, 2.75) is 6.42 Å². The number of aromatic nitrogens is 2. The molecule has 0 saturated heterocycles. The monoisotopic (exact) mass is 369 g/mol. The van der Waals surface area contributed by atoms with E-state index in [4.69, 9.17) is 21.1 Å². The number of carbonyl (C=O) groups excluding carboxylic acids is 1. The summed E-state index contributed by atoms with van der Waals surface area (Å²) in [5.74, 6) is 1.08. The van der Waals surface area contributed by atoms with Crippen LogP contribution in [-0.2, 0) is 0 Å². The number of amides is 1. The zero-order chi connectivity index (χ0) is 17.9. The zero-order valence-corrected chi connectivity index (χ0v) is 14.6. The first-order valence-corrected chi connectivity index (χ1v) is 8.58. The van der Waals surface area contributed by atoms with E-state index in [0.717, 1.165) is 12.1 Å². The molecule has 2 heterocycles. The number of nitrogens with one attached hydrogen (secondary N) is 1. The molecule has 0 spiro atoms. The van der Waals surface area contributed by atoms with E-state index in [-0.39, 0.29) is 5.91 Å². The maximum atomic E-state index is 12.5. The van der Waals surface area contributed by atoms with Crippen molar-refractivity contribution in [1.82, 2.24) is 9.78 Å². The number of hydrogen-bond donors (Lipinski definition) is 1. The Bertz CT molecular complexity index is 937. The predicted octanol–water partition coefficient (Wildman–Crippen LogP) is 3.94. The molecule has 0 saturated carbocycles. The Morgan fingerprint density at radius 3 is 2.65 bits per heavy atom. The van der Waals surface area contributed by atoms with Gasteiger partial charge in [0.2, 0.25) is 0 Å². The molecule has 0 aliphatic carbocycles. The number of halogens is 1. The number of hydrogen-bond acceptors (Lipinski definition) is 4. The number of nitrogens with zero attached hydrogens (tertiary/aromatic N) is 2. The Morgan fingerprint density at radius 2 is 1.85 bits per heavy atom. The minimum Gasteiger partial charge on any atom is -0.490 e. The molecule has 1 aliphatic heterocycles.